The molecule has 0 N–H and O–H groups in total. The lowest BCUT2D eigenvalue weighted by atomic mass is 9.68. The second-order valence-corrected chi connectivity index (χ2v) is 17.0. The van der Waals surface area contributed by atoms with E-state index in [9.17, 15) is 0 Å². The van der Waals surface area contributed by atoms with Crippen molar-refractivity contribution in [1.82, 2.24) is 0 Å². The summed E-state index contributed by atoms with van der Waals surface area (Å²) in [6, 6.07) is 88.9. The Balaban J connectivity index is 0.00000238. The molecule has 1 spiro atoms. The molecule has 1 atom stereocenters. The van der Waals surface area contributed by atoms with Crippen molar-refractivity contribution in [2.24, 2.45) is 0 Å². The molecule has 10 aromatic carbocycles. The van der Waals surface area contributed by atoms with Crippen LogP contribution in [-0.2, 0) is 11.8 Å². The van der Waals surface area contributed by atoms with Crippen molar-refractivity contribution < 1.29 is 0 Å². The van der Waals surface area contributed by atoms with Crippen LogP contribution in [0.5, 0.6) is 0 Å². The second kappa shape index (κ2) is 17.1. The number of benzene rings is 10. The minimum absolute atomic E-state index is 0.557. The average Bonchev–Trinajstić information content (AvgIpc) is 3.61. The zero-order valence-electron chi connectivity index (χ0n) is 37.4. The van der Waals surface area contributed by atoms with Crippen LogP contribution >= 0.6 is 0 Å². The minimum atomic E-state index is -0.557. The van der Waals surface area contributed by atoms with Gasteiger partial charge in [0.1, 0.15) is 0 Å². The van der Waals surface area contributed by atoms with Gasteiger partial charge in [-0.1, -0.05) is 196 Å². The fourth-order valence-electron chi connectivity index (χ4n) is 10.6. The molecule has 12 rings (SSSR count). The Bertz CT molecular complexity index is 3380. The molecule has 10 aromatic rings. The lowest BCUT2D eigenvalue weighted by Crippen LogP contribution is -2.30. The first kappa shape index (κ1) is 40.6. The summed E-state index contributed by atoms with van der Waals surface area (Å²) in [6.07, 6.45) is 0.778. The van der Waals surface area contributed by atoms with E-state index >= 15 is 0 Å². The molecule has 2 nitrogen and oxygen atoms in total. The van der Waals surface area contributed by atoms with Crippen LogP contribution in [0, 0.1) is 0 Å². The van der Waals surface area contributed by atoms with Crippen LogP contribution in [0.2, 0.25) is 0 Å². The molecule has 1 unspecified atom stereocenters. The molecule has 0 aromatic heterocycles. The maximum atomic E-state index is 4.89. The van der Waals surface area contributed by atoms with E-state index in [1.165, 1.54) is 66.4 Å². The number of rotatable bonds is 7. The Morgan fingerprint density at radius 2 is 0.864 bits per heavy atom. The third-order valence-corrected chi connectivity index (χ3v) is 13.5. The number of fused-ring (bicyclic) bond motifs is 9. The molecule has 2 aliphatic rings. The summed E-state index contributed by atoms with van der Waals surface area (Å²) in [6.45, 7) is 8.89. The first-order valence-corrected chi connectivity index (χ1v) is 23.2. The van der Waals surface area contributed by atoms with Gasteiger partial charge in [0.2, 0.25) is 0 Å². The molecule has 0 aliphatic heterocycles. The van der Waals surface area contributed by atoms with Crippen LogP contribution in [-0.4, -0.2) is 0 Å². The van der Waals surface area contributed by atoms with Gasteiger partial charge in [-0.3, -0.25) is 0 Å². The van der Waals surface area contributed by atoms with Gasteiger partial charge in [-0.05, 0) is 140 Å². The topological polar surface area (TPSA) is 6.48 Å². The van der Waals surface area contributed by atoms with Crippen LogP contribution in [0.15, 0.2) is 249 Å². The maximum absolute atomic E-state index is 4.89. The van der Waals surface area contributed by atoms with E-state index in [2.05, 4.69) is 252 Å². The molecular formula is C64H50N2. The van der Waals surface area contributed by atoms with Gasteiger partial charge < -0.3 is 9.80 Å². The third kappa shape index (κ3) is 6.73. The van der Waals surface area contributed by atoms with Crippen molar-refractivity contribution in [1.29, 1.82) is 0 Å². The highest BCUT2D eigenvalue weighted by Gasteiger charge is 2.48. The number of para-hydroxylation sites is 2. The Morgan fingerprint density at radius 3 is 1.62 bits per heavy atom. The predicted octanol–water partition coefficient (Wildman–Crippen LogP) is 17.4. The fraction of sp³-hybridized carbons (Fsp3) is 0.0625. The Morgan fingerprint density at radius 1 is 0.364 bits per heavy atom. The highest BCUT2D eigenvalue weighted by Crippen LogP contribution is 2.59. The van der Waals surface area contributed by atoms with Crippen LogP contribution < -0.4 is 9.80 Å². The molecule has 0 bridgehead atoms. The van der Waals surface area contributed by atoms with Crippen molar-refractivity contribution in [2.75, 3.05) is 9.80 Å². The average molecular weight is 847 g/mol. The summed E-state index contributed by atoms with van der Waals surface area (Å²) in [5.74, 6) is 0. The molecule has 0 saturated carbocycles. The van der Waals surface area contributed by atoms with E-state index in [0.29, 0.717) is 0 Å². The fourth-order valence-corrected chi connectivity index (χ4v) is 10.6. The van der Waals surface area contributed by atoms with Crippen molar-refractivity contribution in [3.8, 4) is 22.3 Å². The molecule has 2 aliphatic carbocycles. The number of nitrogens with zero attached hydrogens (tertiary/aromatic N) is 2. The quantitative estimate of drug-likeness (QED) is 0.158. The lowest BCUT2D eigenvalue weighted by Gasteiger charge is -2.36. The Hall–Kier alpha value is -8.20. The first-order chi connectivity index (χ1) is 32.7. The monoisotopic (exact) mass is 846 g/mol. The van der Waals surface area contributed by atoms with E-state index in [0.717, 1.165) is 46.1 Å². The predicted molar refractivity (Wildman–Crippen MR) is 280 cm³/mol. The van der Waals surface area contributed by atoms with Gasteiger partial charge in [0.05, 0.1) is 11.1 Å². The molecular weight excluding hydrogens is 797 g/mol. The molecule has 316 valence electrons. The Kier molecular flexibility index (Phi) is 10.5. The van der Waals surface area contributed by atoms with Gasteiger partial charge in [-0.2, -0.15) is 0 Å². The largest absolute Gasteiger partial charge is 0.310 e. The second-order valence-electron chi connectivity index (χ2n) is 17.0. The molecule has 0 amide bonds. The molecule has 2 heteroatoms. The summed E-state index contributed by atoms with van der Waals surface area (Å²) >= 11 is 0. The summed E-state index contributed by atoms with van der Waals surface area (Å²) in [4.78, 5) is 4.86. The molecule has 0 radical (unpaired) electrons. The summed E-state index contributed by atoms with van der Waals surface area (Å²) in [7, 11) is 0. The smallest absolute Gasteiger partial charge is 0.0540 e. The highest BCUT2D eigenvalue weighted by molar-refractivity contribution is 6.00. The molecule has 0 saturated heterocycles. The molecule has 0 heterocycles. The third-order valence-electron chi connectivity index (χ3n) is 13.5. The van der Waals surface area contributed by atoms with Crippen molar-refractivity contribution in [3.05, 3.63) is 283 Å². The van der Waals surface area contributed by atoms with Crippen molar-refractivity contribution in [3.63, 3.8) is 0 Å². The van der Waals surface area contributed by atoms with Crippen LogP contribution in [0.1, 0.15) is 47.2 Å². The number of hydrogen-bond donors (Lipinski definition) is 0. The van der Waals surface area contributed by atoms with Gasteiger partial charge in [0.15, 0.2) is 0 Å². The maximum Gasteiger partial charge on any atom is 0.0540 e. The van der Waals surface area contributed by atoms with Crippen molar-refractivity contribution in [2.45, 2.75) is 25.7 Å². The number of hydrogen-bond acceptors (Lipinski definition) is 2. The van der Waals surface area contributed by atoms with Gasteiger partial charge in [0.25, 0.3) is 0 Å². The van der Waals surface area contributed by atoms with E-state index in [-0.39, 0.29) is 0 Å². The van der Waals surface area contributed by atoms with Gasteiger partial charge in [-0.25, -0.2) is 0 Å². The van der Waals surface area contributed by atoms with Crippen LogP contribution in [0.4, 0.5) is 34.1 Å². The van der Waals surface area contributed by atoms with Crippen molar-refractivity contribution >= 4 is 50.5 Å². The minimum Gasteiger partial charge on any atom is -0.310 e. The standard InChI is InChI=1S/C62H44N2.C2H6/c1-43-53-30-13-12-22-47(53)42-62(59-41-52(35-37-54(43)59)64(49-27-9-4-10-28-49)61-34-18-23-45-21-11-14-31-55(45)61)58-33-16-15-32-56(58)57-38-36-51(40-60(57)62)63(48-25-7-3-8-26-48)50-29-17-24-46(39-50)44-19-5-2-6-20-44;1-2/h2-41H,1,42H2;1-2H3. The highest BCUT2D eigenvalue weighted by atomic mass is 15.1. The summed E-state index contributed by atoms with van der Waals surface area (Å²) < 4.78 is 0. The summed E-state index contributed by atoms with van der Waals surface area (Å²) in [5.41, 5.74) is 19.6. The Labute approximate surface area is 389 Å². The van der Waals surface area contributed by atoms with E-state index in [1.54, 1.807) is 0 Å². The zero-order valence-corrected chi connectivity index (χ0v) is 37.4. The van der Waals surface area contributed by atoms with E-state index < -0.39 is 5.41 Å². The molecule has 66 heavy (non-hydrogen) atoms. The summed E-state index contributed by atoms with van der Waals surface area (Å²) in [5, 5.41) is 2.41. The zero-order chi connectivity index (χ0) is 44.6. The van der Waals surface area contributed by atoms with Crippen LogP contribution in [0.3, 0.4) is 0 Å². The SMILES string of the molecule is C=C1c2ccccc2CC2(c3cc(N(c4ccccc4)c4cccc5ccccc45)ccc31)c1ccccc1-c1ccc(N(c3ccccc3)c3cccc(-c4ccccc4)c3)cc12.CC. The van der Waals surface area contributed by atoms with Crippen LogP contribution in [0.25, 0.3) is 38.6 Å². The number of anilines is 6. The van der Waals surface area contributed by atoms with Gasteiger partial charge >= 0.3 is 0 Å². The van der Waals surface area contributed by atoms with Gasteiger partial charge in [0, 0.05) is 33.8 Å². The van der Waals surface area contributed by atoms with Gasteiger partial charge in [-0.15, -0.1) is 0 Å². The van der Waals surface area contributed by atoms with E-state index in [1.807, 2.05) is 13.8 Å². The lowest BCUT2D eigenvalue weighted by molar-refractivity contribution is 0.631. The normalized spacial score (nSPS) is 14.2. The first-order valence-electron chi connectivity index (χ1n) is 23.2. The van der Waals surface area contributed by atoms with E-state index in [4.69, 9.17) is 6.58 Å². The molecule has 0 fully saturated rings.